The highest BCUT2D eigenvalue weighted by atomic mass is 35.5. The van der Waals surface area contributed by atoms with Gasteiger partial charge in [-0.1, -0.05) is 12.1 Å². The molecule has 3 amide bonds. The van der Waals surface area contributed by atoms with Gasteiger partial charge in [0.05, 0.1) is 6.54 Å². The summed E-state index contributed by atoms with van der Waals surface area (Å²) in [7, 11) is 0. The van der Waals surface area contributed by atoms with E-state index in [0.717, 1.165) is 24.1 Å². The average Bonchev–Trinajstić information content (AvgIpc) is 2.78. The molecule has 10 heteroatoms. The summed E-state index contributed by atoms with van der Waals surface area (Å²) < 4.78 is 28.0. The van der Waals surface area contributed by atoms with Crippen molar-refractivity contribution in [3.63, 3.8) is 0 Å². The molecule has 3 heterocycles. The van der Waals surface area contributed by atoms with Crippen LogP contribution in [0.4, 0.5) is 14.5 Å². The van der Waals surface area contributed by atoms with Crippen LogP contribution in [0.25, 0.3) is 0 Å². The van der Waals surface area contributed by atoms with Crippen molar-refractivity contribution in [1.82, 2.24) is 15.5 Å². The Kier molecular flexibility index (Phi) is 8.28. The van der Waals surface area contributed by atoms with Gasteiger partial charge in [-0.15, -0.1) is 12.4 Å². The van der Waals surface area contributed by atoms with E-state index in [9.17, 15) is 23.2 Å². The summed E-state index contributed by atoms with van der Waals surface area (Å²) in [6.45, 7) is 1.35. The third kappa shape index (κ3) is 6.20. The molecule has 3 aliphatic rings. The summed E-state index contributed by atoms with van der Waals surface area (Å²) in [5.41, 5.74) is 1.98. The second kappa shape index (κ2) is 10.8. The van der Waals surface area contributed by atoms with E-state index in [1.54, 1.807) is 4.90 Å². The molecule has 2 unspecified atom stereocenters. The van der Waals surface area contributed by atoms with Crippen LogP contribution in [0, 0.1) is 5.92 Å². The Morgan fingerprint density at radius 1 is 1.09 bits per heavy atom. The van der Waals surface area contributed by atoms with Crippen molar-refractivity contribution >= 4 is 35.8 Å². The second-order valence-corrected chi connectivity index (χ2v) is 9.05. The predicted molar refractivity (Wildman–Crippen MR) is 123 cm³/mol. The molecule has 0 spiro atoms. The number of halogens is 3. The highest BCUT2D eigenvalue weighted by molar-refractivity contribution is 6.01. The lowest BCUT2D eigenvalue weighted by molar-refractivity contribution is -0.140. The SMILES string of the molecule is Cl.O=C1CCC(Nc2ccc(C3CCN(C(=O)CC4CCNCC4(F)F)CC3)cc2)C(=O)N1. The van der Waals surface area contributed by atoms with Gasteiger partial charge in [0.25, 0.3) is 5.92 Å². The van der Waals surface area contributed by atoms with Crippen molar-refractivity contribution in [1.29, 1.82) is 0 Å². The minimum Gasteiger partial charge on any atom is -0.374 e. The summed E-state index contributed by atoms with van der Waals surface area (Å²) in [5, 5.41) is 8.20. The van der Waals surface area contributed by atoms with Crippen LogP contribution in [0.5, 0.6) is 0 Å². The molecule has 7 nitrogen and oxygen atoms in total. The summed E-state index contributed by atoms with van der Waals surface area (Å²) in [6.07, 6.45) is 2.65. The van der Waals surface area contributed by atoms with Crippen LogP contribution in [-0.4, -0.2) is 60.8 Å². The molecule has 0 aliphatic carbocycles. The standard InChI is InChI=1S/C23H30F2N4O3.ClH/c24-23(25)14-26-10-7-17(23)13-21(31)29-11-8-16(9-12-29)15-1-3-18(4-2-15)27-19-5-6-20(30)28-22(19)32;/h1-4,16-17,19,26-27H,5-14H2,(H,28,30,32);1H. The van der Waals surface area contributed by atoms with Crippen LogP contribution >= 0.6 is 12.4 Å². The molecule has 0 saturated carbocycles. The van der Waals surface area contributed by atoms with Crippen molar-refractivity contribution in [2.75, 3.05) is 31.5 Å². The molecule has 0 radical (unpaired) electrons. The Hall–Kier alpha value is -2.26. The highest BCUT2D eigenvalue weighted by Gasteiger charge is 2.43. The predicted octanol–water partition coefficient (Wildman–Crippen LogP) is 2.67. The number of carbonyl (C=O) groups excluding carboxylic acids is 3. The molecule has 1 aromatic rings. The van der Waals surface area contributed by atoms with Gasteiger partial charge < -0.3 is 15.5 Å². The molecule has 0 aromatic heterocycles. The lowest BCUT2D eigenvalue weighted by Gasteiger charge is -2.36. The van der Waals surface area contributed by atoms with E-state index < -0.39 is 17.9 Å². The van der Waals surface area contributed by atoms with E-state index in [1.807, 2.05) is 24.3 Å². The molecule has 3 aliphatic heterocycles. The van der Waals surface area contributed by atoms with Crippen LogP contribution in [0.15, 0.2) is 24.3 Å². The quantitative estimate of drug-likeness (QED) is 0.559. The number of amides is 3. The average molecular weight is 485 g/mol. The van der Waals surface area contributed by atoms with Crippen molar-refractivity contribution in [2.45, 2.75) is 56.4 Å². The molecule has 3 fully saturated rings. The van der Waals surface area contributed by atoms with Gasteiger partial charge in [0, 0.05) is 37.5 Å². The van der Waals surface area contributed by atoms with Gasteiger partial charge in [-0.3, -0.25) is 19.7 Å². The number of nitrogens with one attached hydrogen (secondary N) is 3. The number of carbonyl (C=O) groups is 3. The first kappa shape index (κ1) is 25.4. The number of anilines is 1. The van der Waals surface area contributed by atoms with Gasteiger partial charge in [-0.25, -0.2) is 8.78 Å². The first-order chi connectivity index (χ1) is 15.3. The van der Waals surface area contributed by atoms with Crippen LogP contribution in [0.1, 0.15) is 50.0 Å². The Bertz CT molecular complexity index is 860. The van der Waals surface area contributed by atoms with E-state index >= 15 is 0 Å². The fourth-order valence-corrected chi connectivity index (χ4v) is 4.82. The highest BCUT2D eigenvalue weighted by Crippen LogP contribution is 2.34. The molecule has 182 valence electrons. The van der Waals surface area contributed by atoms with Crippen LogP contribution in [0.3, 0.4) is 0 Å². The number of rotatable bonds is 5. The van der Waals surface area contributed by atoms with Crippen LogP contribution in [0.2, 0.25) is 0 Å². The number of hydrogen-bond acceptors (Lipinski definition) is 5. The Balaban J connectivity index is 0.00000306. The monoisotopic (exact) mass is 484 g/mol. The maximum atomic E-state index is 14.0. The number of imide groups is 1. The van der Waals surface area contributed by atoms with Gasteiger partial charge in [0.1, 0.15) is 6.04 Å². The largest absolute Gasteiger partial charge is 0.374 e. The number of nitrogens with zero attached hydrogens (tertiary/aromatic N) is 1. The van der Waals surface area contributed by atoms with Gasteiger partial charge in [0.15, 0.2) is 0 Å². The van der Waals surface area contributed by atoms with Gasteiger partial charge >= 0.3 is 0 Å². The first-order valence-corrected chi connectivity index (χ1v) is 11.4. The number of piperidine rings is 3. The van der Waals surface area contributed by atoms with E-state index in [4.69, 9.17) is 0 Å². The fourth-order valence-electron chi connectivity index (χ4n) is 4.82. The summed E-state index contributed by atoms with van der Waals surface area (Å²) >= 11 is 0. The number of likely N-dealkylation sites (tertiary alicyclic amines) is 1. The molecule has 1 aromatic carbocycles. The van der Waals surface area contributed by atoms with Gasteiger partial charge in [0.2, 0.25) is 17.7 Å². The number of hydrogen-bond donors (Lipinski definition) is 3. The smallest absolute Gasteiger partial charge is 0.263 e. The lowest BCUT2D eigenvalue weighted by Crippen LogP contribution is -2.48. The summed E-state index contributed by atoms with van der Waals surface area (Å²) in [5.74, 6) is -4.10. The second-order valence-electron chi connectivity index (χ2n) is 9.05. The van der Waals surface area contributed by atoms with Crippen molar-refractivity contribution in [3.8, 4) is 0 Å². The first-order valence-electron chi connectivity index (χ1n) is 11.4. The minimum atomic E-state index is -2.82. The molecular weight excluding hydrogens is 454 g/mol. The lowest BCUT2D eigenvalue weighted by atomic mass is 9.87. The van der Waals surface area contributed by atoms with Gasteiger partial charge in [-0.2, -0.15) is 0 Å². The molecule has 3 N–H and O–H groups in total. The maximum Gasteiger partial charge on any atom is 0.263 e. The number of alkyl halides is 2. The van der Waals surface area contributed by atoms with E-state index in [-0.39, 0.29) is 43.1 Å². The van der Waals surface area contributed by atoms with E-state index in [0.29, 0.717) is 44.8 Å². The zero-order valence-electron chi connectivity index (χ0n) is 18.4. The maximum absolute atomic E-state index is 14.0. The van der Waals surface area contributed by atoms with Crippen molar-refractivity contribution < 1.29 is 23.2 Å². The van der Waals surface area contributed by atoms with E-state index in [2.05, 4.69) is 16.0 Å². The van der Waals surface area contributed by atoms with Crippen LogP contribution < -0.4 is 16.0 Å². The van der Waals surface area contributed by atoms with Crippen molar-refractivity contribution in [2.24, 2.45) is 5.92 Å². The normalized spacial score (nSPS) is 25.7. The summed E-state index contributed by atoms with van der Waals surface area (Å²) in [4.78, 5) is 37.5. The molecule has 2 atom stereocenters. The molecular formula is C23H31ClF2N4O3. The minimum absolute atomic E-state index is 0. The molecule has 33 heavy (non-hydrogen) atoms. The Labute approximate surface area is 198 Å². The Morgan fingerprint density at radius 2 is 1.79 bits per heavy atom. The topological polar surface area (TPSA) is 90.5 Å². The third-order valence-corrected chi connectivity index (χ3v) is 6.86. The molecule has 0 bridgehead atoms. The molecule has 3 saturated heterocycles. The zero-order valence-corrected chi connectivity index (χ0v) is 19.3. The van der Waals surface area contributed by atoms with Crippen LogP contribution in [-0.2, 0) is 14.4 Å². The third-order valence-electron chi connectivity index (χ3n) is 6.86. The van der Waals surface area contributed by atoms with Gasteiger partial charge in [-0.05, 0) is 55.8 Å². The fraction of sp³-hybridized carbons (Fsp3) is 0.609. The van der Waals surface area contributed by atoms with Crippen molar-refractivity contribution in [3.05, 3.63) is 29.8 Å². The Morgan fingerprint density at radius 3 is 2.42 bits per heavy atom. The van der Waals surface area contributed by atoms with E-state index in [1.165, 1.54) is 0 Å². The summed E-state index contributed by atoms with van der Waals surface area (Å²) in [6, 6.07) is 7.48. The molecule has 4 rings (SSSR count). The zero-order chi connectivity index (χ0) is 22.7. The number of benzene rings is 1.